The van der Waals surface area contributed by atoms with Crippen molar-refractivity contribution in [3.05, 3.63) is 18.0 Å². The van der Waals surface area contributed by atoms with E-state index in [4.69, 9.17) is 0 Å². The Bertz CT molecular complexity index is 142. The summed E-state index contributed by atoms with van der Waals surface area (Å²) in [6, 6.07) is 0. The highest BCUT2D eigenvalue weighted by molar-refractivity contribution is 5.06. The molecule has 0 fully saturated rings. The Labute approximate surface area is 48.9 Å². The van der Waals surface area contributed by atoms with Crippen molar-refractivity contribution in [1.82, 2.24) is 10.2 Å². The van der Waals surface area contributed by atoms with Crippen LogP contribution in [-0.4, -0.2) is 5.10 Å². The SMILES string of the molecule is CC(C)c1cn[n-]c1. The largest absolute Gasteiger partial charge is 0.582 e. The van der Waals surface area contributed by atoms with Gasteiger partial charge in [-0.05, 0) is 11.5 Å². The summed E-state index contributed by atoms with van der Waals surface area (Å²) < 4.78 is 0. The summed E-state index contributed by atoms with van der Waals surface area (Å²) >= 11 is 0. The van der Waals surface area contributed by atoms with Gasteiger partial charge in [0, 0.05) is 6.20 Å². The van der Waals surface area contributed by atoms with Crippen molar-refractivity contribution in [2.45, 2.75) is 19.8 Å². The molecule has 2 nitrogen and oxygen atoms in total. The molecule has 0 bridgehead atoms. The minimum absolute atomic E-state index is 0.560. The second-order valence-corrected chi connectivity index (χ2v) is 2.14. The highest BCUT2D eigenvalue weighted by atomic mass is 15.1. The smallest absolute Gasteiger partial charge is 0.00543 e. The fourth-order valence-electron chi connectivity index (χ4n) is 0.531. The van der Waals surface area contributed by atoms with Crippen molar-refractivity contribution in [2.75, 3.05) is 0 Å². The summed E-state index contributed by atoms with van der Waals surface area (Å²) in [6.07, 6.45) is 3.59. The van der Waals surface area contributed by atoms with Crippen molar-refractivity contribution in [1.29, 1.82) is 0 Å². The second kappa shape index (κ2) is 1.99. The molecule has 2 heteroatoms. The number of hydrogen-bond donors (Lipinski definition) is 0. The molecule has 0 unspecified atom stereocenters. The molecule has 8 heavy (non-hydrogen) atoms. The molecule has 0 spiro atoms. The molecule has 0 saturated heterocycles. The number of rotatable bonds is 1. The number of nitrogens with zero attached hydrogens (tertiary/aromatic N) is 2. The Morgan fingerprint density at radius 1 is 1.62 bits per heavy atom. The quantitative estimate of drug-likeness (QED) is 0.541. The number of aromatic nitrogens is 2. The van der Waals surface area contributed by atoms with E-state index >= 15 is 0 Å². The summed E-state index contributed by atoms with van der Waals surface area (Å²) in [4.78, 5) is 0. The van der Waals surface area contributed by atoms with E-state index in [1.54, 1.807) is 12.4 Å². The lowest BCUT2D eigenvalue weighted by molar-refractivity contribution is 0.868. The fraction of sp³-hybridized carbons (Fsp3) is 0.500. The maximum atomic E-state index is 3.69. The normalized spacial score (nSPS) is 10.4. The van der Waals surface area contributed by atoms with Gasteiger partial charge in [-0.25, -0.2) is 0 Å². The van der Waals surface area contributed by atoms with Gasteiger partial charge in [0.1, 0.15) is 0 Å². The minimum atomic E-state index is 0.560. The van der Waals surface area contributed by atoms with Gasteiger partial charge in [-0.2, -0.15) is 6.20 Å². The van der Waals surface area contributed by atoms with E-state index in [0.29, 0.717) is 5.92 Å². The van der Waals surface area contributed by atoms with Gasteiger partial charge < -0.3 is 10.2 Å². The van der Waals surface area contributed by atoms with Gasteiger partial charge in [-0.15, -0.1) is 0 Å². The maximum absolute atomic E-state index is 3.69. The molecule has 44 valence electrons. The molecule has 1 heterocycles. The van der Waals surface area contributed by atoms with Crippen LogP contribution in [0.15, 0.2) is 12.4 Å². The fourth-order valence-corrected chi connectivity index (χ4v) is 0.531. The van der Waals surface area contributed by atoms with Crippen LogP contribution in [0.4, 0.5) is 0 Å². The summed E-state index contributed by atoms with van der Waals surface area (Å²) in [6.45, 7) is 4.25. The molecule has 1 aromatic heterocycles. The third-order valence-corrected chi connectivity index (χ3v) is 1.15. The van der Waals surface area contributed by atoms with Gasteiger partial charge in [-0.3, -0.25) is 0 Å². The first-order valence-corrected chi connectivity index (χ1v) is 2.74. The molecule has 0 radical (unpaired) electrons. The van der Waals surface area contributed by atoms with E-state index in [9.17, 15) is 0 Å². The highest BCUT2D eigenvalue weighted by Gasteiger charge is 1.91. The molecule has 0 aromatic carbocycles. The zero-order chi connectivity index (χ0) is 5.98. The molecular weight excluding hydrogens is 100 g/mol. The van der Waals surface area contributed by atoms with E-state index in [2.05, 4.69) is 24.0 Å². The van der Waals surface area contributed by atoms with Crippen LogP contribution in [0.1, 0.15) is 25.3 Å². The average molecular weight is 109 g/mol. The van der Waals surface area contributed by atoms with Crippen LogP contribution < -0.4 is 5.10 Å². The predicted molar refractivity (Wildman–Crippen MR) is 31.6 cm³/mol. The minimum Gasteiger partial charge on any atom is -0.582 e. The van der Waals surface area contributed by atoms with E-state index in [-0.39, 0.29) is 0 Å². The lowest BCUT2D eigenvalue weighted by atomic mass is 10.1. The van der Waals surface area contributed by atoms with Gasteiger partial charge in [0.2, 0.25) is 0 Å². The summed E-state index contributed by atoms with van der Waals surface area (Å²) in [5, 5.41) is 7.39. The van der Waals surface area contributed by atoms with Gasteiger partial charge in [0.15, 0.2) is 0 Å². The van der Waals surface area contributed by atoms with Crippen molar-refractivity contribution in [3.8, 4) is 0 Å². The highest BCUT2D eigenvalue weighted by Crippen LogP contribution is 2.09. The average Bonchev–Trinajstić information content (AvgIpc) is 2.12. The first kappa shape index (κ1) is 5.35. The van der Waals surface area contributed by atoms with Gasteiger partial charge in [-0.1, -0.05) is 13.8 Å². The van der Waals surface area contributed by atoms with E-state index in [1.165, 1.54) is 5.56 Å². The molecule has 0 aliphatic carbocycles. The van der Waals surface area contributed by atoms with Crippen LogP contribution in [0.25, 0.3) is 0 Å². The molecule has 0 atom stereocenters. The zero-order valence-electron chi connectivity index (χ0n) is 5.13. The van der Waals surface area contributed by atoms with Crippen LogP contribution in [0.5, 0.6) is 0 Å². The first-order valence-electron chi connectivity index (χ1n) is 2.74. The molecule has 1 aromatic rings. The molecule has 1 rings (SSSR count). The lowest BCUT2D eigenvalue weighted by Gasteiger charge is -1.98. The summed E-state index contributed by atoms with van der Waals surface area (Å²) in [5.74, 6) is 0.560. The van der Waals surface area contributed by atoms with Crippen LogP contribution >= 0.6 is 0 Å². The van der Waals surface area contributed by atoms with Crippen LogP contribution in [0, 0.1) is 0 Å². The predicted octanol–water partition coefficient (Wildman–Crippen LogP) is 1.16. The maximum Gasteiger partial charge on any atom is 0.00543 e. The van der Waals surface area contributed by atoms with E-state index in [0.717, 1.165) is 0 Å². The van der Waals surface area contributed by atoms with Crippen molar-refractivity contribution in [3.63, 3.8) is 0 Å². The molecule has 0 amide bonds. The van der Waals surface area contributed by atoms with E-state index < -0.39 is 0 Å². The first-order chi connectivity index (χ1) is 3.80. The topological polar surface area (TPSA) is 27.0 Å². The second-order valence-electron chi connectivity index (χ2n) is 2.14. The zero-order valence-corrected chi connectivity index (χ0v) is 5.13. The van der Waals surface area contributed by atoms with Gasteiger partial charge >= 0.3 is 0 Å². The molecular formula is C6H9N2-. The molecule has 0 N–H and O–H groups in total. The standard InChI is InChI=1S/C6H9N2/c1-5(2)6-3-7-8-4-6/h3-5H,1-2H3/q-1. The Morgan fingerprint density at radius 2 is 2.38 bits per heavy atom. The Hall–Kier alpha value is -0.790. The molecule has 0 saturated carbocycles. The molecule has 0 aliphatic heterocycles. The number of hydrogen-bond acceptors (Lipinski definition) is 1. The lowest BCUT2D eigenvalue weighted by Crippen LogP contribution is -1.80. The summed E-state index contributed by atoms with van der Waals surface area (Å²) in [7, 11) is 0. The monoisotopic (exact) mass is 109 g/mol. The van der Waals surface area contributed by atoms with Crippen LogP contribution in [0.2, 0.25) is 0 Å². The van der Waals surface area contributed by atoms with E-state index in [1.807, 2.05) is 0 Å². The molecule has 0 aliphatic rings. The third-order valence-electron chi connectivity index (χ3n) is 1.15. The third kappa shape index (κ3) is 0.886. The van der Waals surface area contributed by atoms with Crippen molar-refractivity contribution < 1.29 is 0 Å². The van der Waals surface area contributed by atoms with Gasteiger partial charge in [0.25, 0.3) is 0 Å². The van der Waals surface area contributed by atoms with Crippen molar-refractivity contribution >= 4 is 0 Å². The van der Waals surface area contributed by atoms with Gasteiger partial charge in [0.05, 0.1) is 0 Å². The Kier molecular flexibility index (Phi) is 1.33. The van der Waals surface area contributed by atoms with Crippen molar-refractivity contribution in [2.24, 2.45) is 0 Å². The summed E-state index contributed by atoms with van der Waals surface area (Å²) in [5.41, 5.74) is 1.21. The Balaban J connectivity index is 2.77. The Morgan fingerprint density at radius 3 is 2.62 bits per heavy atom. The van der Waals surface area contributed by atoms with Crippen LogP contribution in [-0.2, 0) is 0 Å². The van der Waals surface area contributed by atoms with Crippen LogP contribution in [0.3, 0.4) is 0 Å².